The molecular formula is C13H15N3O2. The van der Waals surface area contributed by atoms with Gasteiger partial charge in [0.15, 0.2) is 0 Å². The molecule has 0 amide bonds. The monoisotopic (exact) mass is 245 g/mol. The summed E-state index contributed by atoms with van der Waals surface area (Å²) in [6.45, 7) is 0.344. The first kappa shape index (κ1) is 13.8. The van der Waals surface area contributed by atoms with Crippen molar-refractivity contribution in [2.75, 3.05) is 6.54 Å². The summed E-state index contributed by atoms with van der Waals surface area (Å²) in [4.78, 5) is 13.0. The predicted octanol–water partition coefficient (Wildman–Crippen LogP) is 3.42. The molecule has 0 aromatic heterocycles. The maximum atomic E-state index is 10.4. The number of aliphatic carboxylic acids is 1. The summed E-state index contributed by atoms with van der Waals surface area (Å²) in [7, 11) is 0. The molecule has 0 aliphatic rings. The van der Waals surface area contributed by atoms with Gasteiger partial charge in [-0.3, -0.25) is 4.79 Å². The number of rotatable bonds is 7. The highest BCUT2D eigenvalue weighted by atomic mass is 16.4. The molecule has 0 heterocycles. The molecule has 0 unspecified atom stereocenters. The zero-order valence-corrected chi connectivity index (χ0v) is 9.99. The van der Waals surface area contributed by atoms with Crippen molar-refractivity contribution < 1.29 is 9.90 Å². The first-order valence-electron chi connectivity index (χ1n) is 5.70. The van der Waals surface area contributed by atoms with Crippen LogP contribution in [-0.2, 0) is 11.2 Å². The Balaban J connectivity index is 2.44. The van der Waals surface area contributed by atoms with Crippen LogP contribution in [0.5, 0.6) is 0 Å². The van der Waals surface area contributed by atoms with E-state index in [1.54, 1.807) is 6.08 Å². The second-order valence-corrected chi connectivity index (χ2v) is 3.80. The number of carboxylic acid groups (broad SMARTS) is 1. The van der Waals surface area contributed by atoms with Crippen LogP contribution >= 0.6 is 0 Å². The van der Waals surface area contributed by atoms with Crippen LogP contribution in [0.25, 0.3) is 16.5 Å². The molecule has 0 aliphatic carbocycles. The minimum atomic E-state index is -0.757. The SMILES string of the molecule is [N-]=[N+]=NCC=Cc1ccc(CCCC(=O)O)cc1. The molecule has 0 radical (unpaired) electrons. The average molecular weight is 245 g/mol. The topological polar surface area (TPSA) is 86.1 Å². The lowest BCUT2D eigenvalue weighted by molar-refractivity contribution is -0.137. The molecular weight excluding hydrogens is 230 g/mol. The molecule has 1 aromatic carbocycles. The molecule has 5 nitrogen and oxygen atoms in total. The van der Waals surface area contributed by atoms with E-state index >= 15 is 0 Å². The number of aryl methyl sites for hydroxylation is 1. The Labute approximate surface area is 105 Å². The maximum Gasteiger partial charge on any atom is 0.303 e. The van der Waals surface area contributed by atoms with Crippen LogP contribution in [0, 0.1) is 0 Å². The van der Waals surface area contributed by atoms with Gasteiger partial charge in [-0.15, -0.1) is 0 Å². The summed E-state index contributed by atoms with van der Waals surface area (Å²) in [6.07, 6.45) is 5.30. The predicted molar refractivity (Wildman–Crippen MR) is 70.1 cm³/mol. The molecule has 94 valence electrons. The van der Waals surface area contributed by atoms with Crippen molar-refractivity contribution in [3.8, 4) is 0 Å². The fraction of sp³-hybridized carbons (Fsp3) is 0.308. The van der Waals surface area contributed by atoms with Gasteiger partial charge in [-0.25, -0.2) is 0 Å². The first-order valence-corrected chi connectivity index (χ1v) is 5.70. The lowest BCUT2D eigenvalue weighted by Crippen LogP contribution is -1.95. The van der Waals surface area contributed by atoms with Gasteiger partial charge in [-0.05, 0) is 29.5 Å². The quantitative estimate of drug-likeness (QED) is 0.453. The van der Waals surface area contributed by atoms with Crippen LogP contribution in [0.3, 0.4) is 0 Å². The van der Waals surface area contributed by atoms with Crippen LogP contribution in [-0.4, -0.2) is 17.6 Å². The molecule has 0 saturated carbocycles. The van der Waals surface area contributed by atoms with E-state index in [0.717, 1.165) is 17.5 Å². The van der Waals surface area contributed by atoms with Gasteiger partial charge < -0.3 is 5.11 Å². The summed E-state index contributed by atoms with van der Waals surface area (Å²) in [6, 6.07) is 7.88. The van der Waals surface area contributed by atoms with E-state index < -0.39 is 5.97 Å². The fourth-order valence-electron chi connectivity index (χ4n) is 1.51. The summed E-state index contributed by atoms with van der Waals surface area (Å²) < 4.78 is 0. The van der Waals surface area contributed by atoms with E-state index in [4.69, 9.17) is 10.6 Å². The molecule has 0 atom stereocenters. The average Bonchev–Trinajstić information content (AvgIpc) is 2.36. The summed E-state index contributed by atoms with van der Waals surface area (Å²) in [5, 5.41) is 11.9. The van der Waals surface area contributed by atoms with Gasteiger partial charge in [0.05, 0.1) is 0 Å². The highest BCUT2D eigenvalue weighted by molar-refractivity contribution is 5.66. The molecule has 0 aliphatic heterocycles. The highest BCUT2D eigenvalue weighted by Gasteiger charge is 1.98. The summed E-state index contributed by atoms with van der Waals surface area (Å²) in [5.74, 6) is -0.757. The van der Waals surface area contributed by atoms with Crippen molar-refractivity contribution >= 4 is 12.0 Å². The van der Waals surface area contributed by atoms with Crippen LogP contribution in [0.4, 0.5) is 0 Å². The van der Waals surface area contributed by atoms with Crippen molar-refractivity contribution in [3.63, 3.8) is 0 Å². The fourth-order valence-corrected chi connectivity index (χ4v) is 1.51. The molecule has 0 fully saturated rings. The van der Waals surface area contributed by atoms with Gasteiger partial charge in [-0.1, -0.05) is 41.5 Å². The zero-order valence-electron chi connectivity index (χ0n) is 9.99. The number of carbonyl (C=O) groups is 1. The number of carboxylic acids is 1. The van der Waals surface area contributed by atoms with E-state index in [1.165, 1.54) is 0 Å². The van der Waals surface area contributed by atoms with Crippen LogP contribution in [0.15, 0.2) is 35.5 Å². The number of azide groups is 1. The molecule has 0 spiro atoms. The smallest absolute Gasteiger partial charge is 0.303 e. The van der Waals surface area contributed by atoms with Gasteiger partial charge in [0.25, 0.3) is 0 Å². The maximum absolute atomic E-state index is 10.4. The minimum absolute atomic E-state index is 0.202. The highest BCUT2D eigenvalue weighted by Crippen LogP contribution is 2.09. The van der Waals surface area contributed by atoms with E-state index in [-0.39, 0.29) is 6.42 Å². The molecule has 1 rings (SSSR count). The minimum Gasteiger partial charge on any atom is -0.481 e. The first-order chi connectivity index (χ1) is 8.72. The summed E-state index contributed by atoms with van der Waals surface area (Å²) in [5.41, 5.74) is 10.3. The van der Waals surface area contributed by atoms with Gasteiger partial charge in [0.2, 0.25) is 0 Å². The zero-order chi connectivity index (χ0) is 13.2. The molecule has 18 heavy (non-hydrogen) atoms. The number of hydrogen-bond acceptors (Lipinski definition) is 2. The van der Waals surface area contributed by atoms with Crippen molar-refractivity contribution in [2.24, 2.45) is 5.11 Å². The van der Waals surface area contributed by atoms with Gasteiger partial charge in [0, 0.05) is 17.9 Å². The van der Waals surface area contributed by atoms with Crippen molar-refractivity contribution in [3.05, 3.63) is 51.9 Å². The molecule has 1 N–H and O–H groups in total. The normalized spacial score (nSPS) is 10.2. The van der Waals surface area contributed by atoms with Crippen molar-refractivity contribution in [1.82, 2.24) is 0 Å². The Morgan fingerprint density at radius 1 is 1.39 bits per heavy atom. The summed E-state index contributed by atoms with van der Waals surface area (Å²) >= 11 is 0. The van der Waals surface area contributed by atoms with Crippen molar-refractivity contribution in [2.45, 2.75) is 19.3 Å². The van der Waals surface area contributed by atoms with Crippen molar-refractivity contribution in [1.29, 1.82) is 0 Å². The van der Waals surface area contributed by atoms with E-state index in [0.29, 0.717) is 13.0 Å². The second-order valence-electron chi connectivity index (χ2n) is 3.80. The molecule has 0 bridgehead atoms. The number of nitrogens with zero attached hydrogens (tertiary/aromatic N) is 3. The second kappa shape index (κ2) is 7.92. The van der Waals surface area contributed by atoms with Crippen LogP contribution in [0.2, 0.25) is 0 Å². The van der Waals surface area contributed by atoms with E-state index in [9.17, 15) is 4.79 Å². The van der Waals surface area contributed by atoms with Crippen LogP contribution in [0.1, 0.15) is 24.0 Å². The molecule has 0 saturated heterocycles. The van der Waals surface area contributed by atoms with E-state index in [2.05, 4.69) is 10.0 Å². The van der Waals surface area contributed by atoms with Gasteiger partial charge in [-0.2, -0.15) is 0 Å². The standard InChI is InChI=1S/C13H15N3O2/c14-16-15-10-2-4-12-8-6-11(7-9-12)3-1-5-13(17)18/h2,4,6-9H,1,3,5,10H2,(H,17,18). The lowest BCUT2D eigenvalue weighted by atomic mass is 10.1. The van der Waals surface area contributed by atoms with E-state index in [1.807, 2.05) is 30.3 Å². The van der Waals surface area contributed by atoms with Gasteiger partial charge in [0.1, 0.15) is 0 Å². The number of hydrogen-bond donors (Lipinski definition) is 1. The Morgan fingerprint density at radius 2 is 2.11 bits per heavy atom. The van der Waals surface area contributed by atoms with Gasteiger partial charge >= 0.3 is 5.97 Å². The third-order valence-electron chi connectivity index (χ3n) is 2.40. The Bertz CT molecular complexity index is 460. The Kier molecular flexibility index (Phi) is 6.08. The third kappa shape index (κ3) is 5.72. The molecule has 1 aromatic rings. The third-order valence-corrected chi connectivity index (χ3v) is 2.40. The Morgan fingerprint density at radius 3 is 2.72 bits per heavy atom. The Hall–Kier alpha value is -2.26. The molecule has 5 heteroatoms. The lowest BCUT2D eigenvalue weighted by Gasteiger charge is -2.00. The number of benzene rings is 1. The van der Waals surface area contributed by atoms with Crippen LogP contribution < -0.4 is 0 Å². The largest absolute Gasteiger partial charge is 0.481 e.